The van der Waals surface area contributed by atoms with Crippen LogP contribution in [0.2, 0.25) is 0 Å². The molecule has 1 fully saturated rings. The Kier molecular flexibility index (Phi) is 5.87. The summed E-state index contributed by atoms with van der Waals surface area (Å²) in [5.74, 6) is 1.05. The molecule has 2 aromatic rings. The van der Waals surface area contributed by atoms with Gasteiger partial charge in [-0.1, -0.05) is 13.0 Å². The Labute approximate surface area is 148 Å². The molecule has 2 aromatic heterocycles. The normalized spacial score (nSPS) is 19.5. The molecule has 3 rings (SSSR count). The van der Waals surface area contributed by atoms with Gasteiger partial charge in [0.15, 0.2) is 0 Å². The molecule has 130 valence electrons. The van der Waals surface area contributed by atoms with Gasteiger partial charge in [0.25, 0.3) is 0 Å². The molecular formula is C19H27N3OS. The molecule has 5 heteroatoms. The number of hydrogen-bond donors (Lipinski definition) is 1. The van der Waals surface area contributed by atoms with Crippen molar-refractivity contribution >= 4 is 17.2 Å². The molecule has 1 saturated heterocycles. The summed E-state index contributed by atoms with van der Waals surface area (Å²) >= 11 is 1.90. The Morgan fingerprint density at radius 3 is 2.92 bits per heavy atom. The molecule has 0 aliphatic carbocycles. The molecule has 1 N–H and O–H groups in total. The summed E-state index contributed by atoms with van der Waals surface area (Å²) in [6.45, 7) is 10.0. The van der Waals surface area contributed by atoms with Gasteiger partial charge in [0.1, 0.15) is 5.82 Å². The number of nitrogens with one attached hydrogen (secondary N) is 1. The van der Waals surface area contributed by atoms with Crippen molar-refractivity contribution in [2.45, 2.75) is 45.9 Å². The van der Waals surface area contributed by atoms with Crippen LogP contribution in [0, 0.1) is 0 Å². The van der Waals surface area contributed by atoms with Crippen LogP contribution in [-0.2, 0) is 17.7 Å². The third-order valence-electron chi connectivity index (χ3n) is 4.44. The van der Waals surface area contributed by atoms with Gasteiger partial charge < -0.3 is 15.0 Å². The maximum atomic E-state index is 5.59. The quantitative estimate of drug-likeness (QED) is 0.864. The van der Waals surface area contributed by atoms with Gasteiger partial charge in [-0.15, -0.1) is 11.3 Å². The predicted octanol–water partition coefficient (Wildman–Crippen LogP) is 3.78. The van der Waals surface area contributed by atoms with Gasteiger partial charge in [0, 0.05) is 41.6 Å². The van der Waals surface area contributed by atoms with Gasteiger partial charge in [0.05, 0.1) is 12.7 Å². The highest BCUT2D eigenvalue weighted by Gasteiger charge is 2.17. The zero-order valence-electron chi connectivity index (χ0n) is 14.8. The number of hydrogen-bond acceptors (Lipinski definition) is 5. The Hall–Kier alpha value is -1.43. The highest BCUT2D eigenvalue weighted by molar-refractivity contribution is 7.12. The van der Waals surface area contributed by atoms with E-state index in [0.717, 1.165) is 38.5 Å². The highest BCUT2D eigenvalue weighted by atomic mass is 32.1. The lowest BCUT2D eigenvalue weighted by molar-refractivity contribution is 0.0529. The van der Waals surface area contributed by atoms with Crippen molar-refractivity contribution in [1.82, 2.24) is 10.3 Å². The molecule has 0 radical (unpaired) electrons. The summed E-state index contributed by atoms with van der Waals surface area (Å²) < 4.78 is 5.59. The number of rotatable bonds is 6. The number of thiophene rings is 1. The van der Waals surface area contributed by atoms with Crippen molar-refractivity contribution in [3.8, 4) is 0 Å². The van der Waals surface area contributed by atoms with E-state index >= 15 is 0 Å². The van der Waals surface area contributed by atoms with Crippen molar-refractivity contribution < 1.29 is 4.74 Å². The summed E-state index contributed by atoms with van der Waals surface area (Å²) in [6.07, 6.45) is 3.38. The molecule has 4 nitrogen and oxygen atoms in total. The molecule has 2 atom stereocenters. The van der Waals surface area contributed by atoms with Crippen LogP contribution in [0.15, 0.2) is 30.5 Å². The van der Waals surface area contributed by atoms with Crippen LogP contribution in [0.3, 0.4) is 0 Å². The first kappa shape index (κ1) is 17.4. The lowest BCUT2D eigenvalue weighted by atomic mass is 10.2. The standard InChI is InChI=1S/C19H27N3OS/c1-4-17-6-7-18(24-17)15(3)20-11-16-5-8-19(21-12-16)22-9-10-23-14(2)13-22/h5-8,12,14-15,20H,4,9-11,13H2,1-3H3/t14-,15-/m1/s1. The number of ether oxygens (including phenoxy) is 1. The van der Waals surface area contributed by atoms with Crippen LogP contribution in [0.1, 0.15) is 42.1 Å². The lowest BCUT2D eigenvalue weighted by Crippen LogP contribution is -2.41. The molecule has 0 aromatic carbocycles. The monoisotopic (exact) mass is 345 g/mol. The second kappa shape index (κ2) is 8.10. The third kappa shape index (κ3) is 4.35. The average molecular weight is 346 g/mol. The smallest absolute Gasteiger partial charge is 0.128 e. The molecule has 3 heterocycles. The van der Waals surface area contributed by atoms with Crippen molar-refractivity contribution in [1.29, 1.82) is 0 Å². The Morgan fingerprint density at radius 1 is 1.38 bits per heavy atom. The molecule has 0 saturated carbocycles. The van der Waals surface area contributed by atoms with E-state index in [1.54, 1.807) is 0 Å². The molecule has 1 aliphatic rings. The van der Waals surface area contributed by atoms with Crippen LogP contribution in [-0.4, -0.2) is 30.8 Å². The van der Waals surface area contributed by atoms with Gasteiger partial charge in [-0.3, -0.25) is 0 Å². The number of aryl methyl sites for hydroxylation is 1. The van der Waals surface area contributed by atoms with Crippen LogP contribution >= 0.6 is 11.3 Å². The minimum Gasteiger partial charge on any atom is -0.375 e. The molecule has 1 aliphatic heterocycles. The van der Waals surface area contributed by atoms with E-state index in [9.17, 15) is 0 Å². The Bertz CT molecular complexity index is 640. The SMILES string of the molecule is CCc1ccc([C@@H](C)NCc2ccc(N3CCO[C@H](C)C3)nc2)s1. The van der Waals surface area contributed by atoms with E-state index in [1.807, 2.05) is 17.5 Å². The Balaban J connectivity index is 1.54. The fourth-order valence-electron chi connectivity index (χ4n) is 2.92. The van der Waals surface area contributed by atoms with Crippen LogP contribution < -0.4 is 10.2 Å². The lowest BCUT2D eigenvalue weighted by Gasteiger charge is -2.32. The third-order valence-corrected chi connectivity index (χ3v) is 5.86. The molecule has 0 spiro atoms. The zero-order chi connectivity index (χ0) is 16.9. The van der Waals surface area contributed by atoms with Gasteiger partial charge in [-0.2, -0.15) is 0 Å². The molecule has 0 amide bonds. The first-order chi connectivity index (χ1) is 11.7. The van der Waals surface area contributed by atoms with Gasteiger partial charge in [-0.05, 0) is 44.0 Å². The second-order valence-corrected chi connectivity index (χ2v) is 7.61. The number of anilines is 1. The fourth-order valence-corrected chi connectivity index (χ4v) is 3.90. The highest BCUT2D eigenvalue weighted by Crippen LogP contribution is 2.24. The summed E-state index contributed by atoms with van der Waals surface area (Å²) in [4.78, 5) is 9.79. The largest absolute Gasteiger partial charge is 0.375 e. The van der Waals surface area contributed by atoms with Crippen molar-refractivity contribution in [3.63, 3.8) is 0 Å². The molecule has 0 unspecified atom stereocenters. The van der Waals surface area contributed by atoms with E-state index in [4.69, 9.17) is 4.74 Å². The van der Waals surface area contributed by atoms with E-state index in [0.29, 0.717) is 6.04 Å². The number of pyridine rings is 1. The minimum atomic E-state index is 0.279. The number of morpholine rings is 1. The maximum absolute atomic E-state index is 5.59. The van der Waals surface area contributed by atoms with Crippen LogP contribution in [0.25, 0.3) is 0 Å². The predicted molar refractivity (Wildman–Crippen MR) is 101 cm³/mol. The number of nitrogens with zero attached hydrogens (tertiary/aromatic N) is 2. The first-order valence-electron chi connectivity index (χ1n) is 8.79. The molecule has 0 bridgehead atoms. The van der Waals surface area contributed by atoms with Crippen LogP contribution in [0.4, 0.5) is 5.82 Å². The van der Waals surface area contributed by atoms with Crippen molar-refractivity contribution in [2.75, 3.05) is 24.6 Å². The summed E-state index contributed by atoms with van der Waals surface area (Å²) in [5.41, 5.74) is 1.22. The van der Waals surface area contributed by atoms with E-state index in [-0.39, 0.29) is 6.10 Å². The maximum Gasteiger partial charge on any atom is 0.128 e. The van der Waals surface area contributed by atoms with Crippen molar-refractivity contribution in [2.24, 2.45) is 0 Å². The Morgan fingerprint density at radius 2 is 2.25 bits per heavy atom. The second-order valence-electron chi connectivity index (χ2n) is 6.41. The molecular weight excluding hydrogens is 318 g/mol. The molecule has 24 heavy (non-hydrogen) atoms. The summed E-state index contributed by atoms with van der Waals surface area (Å²) in [6, 6.07) is 9.14. The fraction of sp³-hybridized carbons (Fsp3) is 0.526. The van der Waals surface area contributed by atoms with Crippen molar-refractivity contribution in [3.05, 3.63) is 45.8 Å². The van der Waals surface area contributed by atoms with E-state index < -0.39 is 0 Å². The zero-order valence-corrected chi connectivity index (χ0v) is 15.6. The van der Waals surface area contributed by atoms with Crippen LogP contribution in [0.5, 0.6) is 0 Å². The van der Waals surface area contributed by atoms with Gasteiger partial charge >= 0.3 is 0 Å². The van der Waals surface area contributed by atoms with E-state index in [2.05, 4.69) is 60.2 Å². The number of aromatic nitrogens is 1. The topological polar surface area (TPSA) is 37.4 Å². The van der Waals surface area contributed by atoms with E-state index in [1.165, 1.54) is 15.3 Å². The van der Waals surface area contributed by atoms with Gasteiger partial charge in [0.2, 0.25) is 0 Å². The first-order valence-corrected chi connectivity index (χ1v) is 9.61. The minimum absolute atomic E-state index is 0.279. The summed E-state index contributed by atoms with van der Waals surface area (Å²) in [7, 11) is 0. The average Bonchev–Trinajstić information content (AvgIpc) is 3.09. The van der Waals surface area contributed by atoms with Gasteiger partial charge in [-0.25, -0.2) is 4.98 Å². The summed E-state index contributed by atoms with van der Waals surface area (Å²) in [5, 5.41) is 3.60.